The van der Waals surface area contributed by atoms with Crippen LogP contribution in [0, 0.1) is 0 Å². The summed E-state index contributed by atoms with van der Waals surface area (Å²) in [6.07, 6.45) is -0.415. The Morgan fingerprint density at radius 3 is 2.80 bits per heavy atom. The molecule has 0 saturated carbocycles. The molecular formula is C14H18N2O4. The molecule has 1 heterocycles. The van der Waals surface area contributed by atoms with E-state index in [9.17, 15) is 9.59 Å². The first-order chi connectivity index (χ1) is 9.61. The third-order valence-corrected chi connectivity index (χ3v) is 3.42. The second-order valence-electron chi connectivity index (χ2n) is 4.71. The average molecular weight is 278 g/mol. The molecule has 108 valence electrons. The van der Waals surface area contributed by atoms with E-state index in [1.807, 2.05) is 24.3 Å². The van der Waals surface area contributed by atoms with E-state index in [4.69, 9.17) is 9.84 Å². The van der Waals surface area contributed by atoms with E-state index < -0.39 is 12.1 Å². The summed E-state index contributed by atoms with van der Waals surface area (Å²) in [6, 6.07) is 7.62. The fourth-order valence-electron chi connectivity index (χ4n) is 2.23. The Labute approximate surface area is 117 Å². The summed E-state index contributed by atoms with van der Waals surface area (Å²) >= 11 is 0. The molecule has 2 atom stereocenters. The molecule has 1 unspecified atom stereocenters. The SMILES string of the molecule is COC(CNC(=O)[C@@H]1Cc2ccccc2CN1)C(=O)O. The lowest BCUT2D eigenvalue weighted by Gasteiger charge is -2.25. The van der Waals surface area contributed by atoms with Crippen molar-refractivity contribution in [1.82, 2.24) is 10.6 Å². The van der Waals surface area contributed by atoms with Gasteiger partial charge in [-0.3, -0.25) is 4.79 Å². The van der Waals surface area contributed by atoms with Crippen LogP contribution in [0.5, 0.6) is 0 Å². The van der Waals surface area contributed by atoms with Crippen LogP contribution in [-0.4, -0.2) is 42.8 Å². The molecule has 0 fully saturated rings. The lowest BCUT2D eigenvalue weighted by atomic mass is 9.95. The van der Waals surface area contributed by atoms with Crippen molar-refractivity contribution in [2.75, 3.05) is 13.7 Å². The molecule has 0 spiro atoms. The van der Waals surface area contributed by atoms with Crippen molar-refractivity contribution in [2.45, 2.75) is 25.1 Å². The molecule has 1 aliphatic heterocycles. The molecule has 2 rings (SSSR count). The first-order valence-electron chi connectivity index (χ1n) is 6.45. The van der Waals surface area contributed by atoms with Crippen LogP contribution in [0.3, 0.4) is 0 Å². The van der Waals surface area contributed by atoms with Crippen LogP contribution in [0.15, 0.2) is 24.3 Å². The van der Waals surface area contributed by atoms with Gasteiger partial charge in [-0.15, -0.1) is 0 Å². The maximum atomic E-state index is 12.0. The van der Waals surface area contributed by atoms with E-state index in [0.29, 0.717) is 13.0 Å². The van der Waals surface area contributed by atoms with Gasteiger partial charge in [0.1, 0.15) is 0 Å². The van der Waals surface area contributed by atoms with Crippen LogP contribution < -0.4 is 10.6 Å². The monoisotopic (exact) mass is 278 g/mol. The lowest BCUT2D eigenvalue weighted by molar-refractivity contribution is -0.148. The maximum absolute atomic E-state index is 12.0. The van der Waals surface area contributed by atoms with Gasteiger partial charge in [0.05, 0.1) is 12.6 Å². The van der Waals surface area contributed by atoms with Crippen LogP contribution in [0.1, 0.15) is 11.1 Å². The van der Waals surface area contributed by atoms with Gasteiger partial charge in [0.15, 0.2) is 6.10 Å². The Balaban J connectivity index is 1.90. The van der Waals surface area contributed by atoms with E-state index in [0.717, 1.165) is 5.56 Å². The number of amides is 1. The van der Waals surface area contributed by atoms with Crippen molar-refractivity contribution < 1.29 is 19.4 Å². The van der Waals surface area contributed by atoms with Gasteiger partial charge in [-0.2, -0.15) is 0 Å². The Morgan fingerprint density at radius 2 is 2.15 bits per heavy atom. The Kier molecular flexibility index (Phi) is 4.70. The van der Waals surface area contributed by atoms with E-state index in [1.165, 1.54) is 12.7 Å². The number of fused-ring (bicyclic) bond motifs is 1. The van der Waals surface area contributed by atoms with Crippen molar-refractivity contribution in [1.29, 1.82) is 0 Å². The Morgan fingerprint density at radius 1 is 1.45 bits per heavy atom. The zero-order valence-corrected chi connectivity index (χ0v) is 11.3. The number of carbonyl (C=O) groups excluding carboxylic acids is 1. The number of rotatable bonds is 5. The predicted molar refractivity (Wildman–Crippen MR) is 72.2 cm³/mol. The fourth-order valence-corrected chi connectivity index (χ4v) is 2.23. The highest BCUT2D eigenvalue weighted by atomic mass is 16.5. The van der Waals surface area contributed by atoms with Crippen LogP contribution in [0.25, 0.3) is 0 Å². The minimum Gasteiger partial charge on any atom is -0.479 e. The van der Waals surface area contributed by atoms with E-state index in [-0.39, 0.29) is 18.5 Å². The van der Waals surface area contributed by atoms with Crippen LogP contribution >= 0.6 is 0 Å². The molecular weight excluding hydrogens is 260 g/mol. The first-order valence-corrected chi connectivity index (χ1v) is 6.45. The quantitative estimate of drug-likeness (QED) is 0.701. The number of benzene rings is 1. The van der Waals surface area contributed by atoms with Gasteiger partial charge < -0.3 is 20.5 Å². The number of hydrogen-bond acceptors (Lipinski definition) is 4. The van der Waals surface area contributed by atoms with Crippen molar-refractivity contribution in [2.24, 2.45) is 0 Å². The number of hydrogen-bond donors (Lipinski definition) is 3. The van der Waals surface area contributed by atoms with Gasteiger partial charge in [-0.25, -0.2) is 4.79 Å². The minimum absolute atomic E-state index is 0.0372. The first kappa shape index (κ1) is 14.5. The number of methoxy groups -OCH3 is 1. The topological polar surface area (TPSA) is 87.7 Å². The average Bonchev–Trinajstić information content (AvgIpc) is 2.46. The third-order valence-electron chi connectivity index (χ3n) is 3.42. The number of nitrogens with one attached hydrogen (secondary N) is 2. The third kappa shape index (κ3) is 3.34. The zero-order valence-electron chi connectivity index (χ0n) is 11.3. The molecule has 1 aromatic rings. The molecule has 0 aromatic heterocycles. The molecule has 0 bridgehead atoms. The summed E-state index contributed by atoms with van der Waals surface area (Å²) in [6.45, 7) is 0.603. The second kappa shape index (κ2) is 6.49. The van der Waals surface area contributed by atoms with Crippen LogP contribution in [0.4, 0.5) is 0 Å². The second-order valence-corrected chi connectivity index (χ2v) is 4.71. The number of carboxylic acid groups (broad SMARTS) is 1. The van der Waals surface area contributed by atoms with Crippen molar-refractivity contribution in [3.05, 3.63) is 35.4 Å². The molecule has 6 nitrogen and oxygen atoms in total. The van der Waals surface area contributed by atoms with Gasteiger partial charge in [0.2, 0.25) is 5.91 Å². The highest BCUT2D eigenvalue weighted by molar-refractivity contribution is 5.83. The molecule has 1 amide bonds. The molecule has 0 radical (unpaired) electrons. The highest BCUT2D eigenvalue weighted by Gasteiger charge is 2.25. The lowest BCUT2D eigenvalue weighted by Crippen LogP contribution is -2.50. The van der Waals surface area contributed by atoms with Crippen molar-refractivity contribution >= 4 is 11.9 Å². The summed E-state index contributed by atoms with van der Waals surface area (Å²) in [5.74, 6) is -1.29. The van der Waals surface area contributed by atoms with Crippen LogP contribution in [0.2, 0.25) is 0 Å². The molecule has 6 heteroatoms. The van der Waals surface area contributed by atoms with Gasteiger partial charge in [-0.1, -0.05) is 24.3 Å². The van der Waals surface area contributed by atoms with Crippen molar-refractivity contribution in [3.63, 3.8) is 0 Å². The minimum atomic E-state index is -1.09. The highest BCUT2D eigenvalue weighted by Crippen LogP contribution is 2.16. The fraction of sp³-hybridized carbons (Fsp3) is 0.429. The summed E-state index contributed by atoms with van der Waals surface area (Å²) < 4.78 is 4.77. The van der Waals surface area contributed by atoms with Crippen LogP contribution in [-0.2, 0) is 27.3 Å². The molecule has 0 aliphatic carbocycles. The number of carbonyl (C=O) groups is 2. The molecule has 3 N–H and O–H groups in total. The van der Waals surface area contributed by atoms with Gasteiger partial charge >= 0.3 is 5.97 Å². The van der Waals surface area contributed by atoms with Gasteiger partial charge in [0.25, 0.3) is 0 Å². The van der Waals surface area contributed by atoms with Gasteiger partial charge in [0, 0.05) is 13.7 Å². The number of ether oxygens (including phenoxy) is 1. The summed E-state index contributed by atoms with van der Waals surface area (Å²) in [4.78, 5) is 22.8. The summed E-state index contributed by atoms with van der Waals surface area (Å²) in [7, 11) is 1.31. The zero-order chi connectivity index (χ0) is 14.5. The molecule has 1 aliphatic rings. The predicted octanol–water partition coefficient (Wildman–Crippen LogP) is -0.0833. The summed E-state index contributed by atoms with van der Waals surface area (Å²) in [5.41, 5.74) is 2.34. The number of aliphatic carboxylic acids is 1. The smallest absolute Gasteiger partial charge is 0.334 e. The van der Waals surface area contributed by atoms with Crippen molar-refractivity contribution in [3.8, 4) is 0 Å². The Bertz CT molecular complexity index is 504. The van der Waals surface area contributed by atoms with E-state index in [2.05, 4.69) is 10.6 Å². The molecule has 0 saturated heterocycles. The Hall–Kier alpha value is -1.92. The maximum Gasteiger partial charge on any atom is 0.334 e. The summed E-state index contributed by atoms with van der Waals surface area (Å²) in [5, 5.41) is 14.6. The number of carboxylic acids is 1. The molecule has 1 aromatic carbocycles. The van der Waals surface area contributed by atoms with Gasteiger partial charge in [-0.05, 0) is 17.5 Å². The normalized spacial score (nSPS) is 18.9. The standard InChI is InChI=1S/C14H18N2O4/c1-20-12(14(18)19)8-16-13(17)11-6-9-4-2-3-5-10(9)7-15-11/h2-5,11-12,15H,6-8H2,1H3,(H,16,17)(H,18,19)/t11-,12?/m0/s1. The van der Waals surface area contributed by atoms with E-state index in [1.54, 1.807) is 0 Å². The molecule has 20 heavy (non-hydrogen) atoms. The van der Waals surface area contributed by atoms with E-state index >= 15 is 0 Å². The largest absolute Gasteiger partial charge is 0.479 e.